The summed E-state index contributed by atoms with van der Waals surface area (Å²) in [5.41, 5.74) is 5.66. The van der Waals surface area contributed by atoms with Crippen molar-refractivity contribution in [3.8, 4) is 6.07 Å². The van der Waals surface area contributed by atoms with Gasteiger partial charge < -0.3 is 11.1 Å². The number of carbonyl (C=O) groups is 2. The number of rotatable bonds is 5. The quantitative estimate of drug-likeness (QED) is 0.803. The van der Waals surface area contributed by atoms with Crippen molar-refractivity contribution in [2.24, 2.45) is 11.7 Å². The number of benzene rings is 1. The van der Waals surface area contributed by atoms with Crippen molar-refractivity contribution in [2.45, 2.75) is 19.4 Å². The third kappa shape index (κ3) is 3.91. The maximum absolute atomic E-state index is 11.8. The van der Waals surface area contributed by atoms with E-state index >= 15 is 0 Å². The van der Waals surface area contributed by atoms with Gasteiger partial charge in [-0.1, -0.05) is 18.2 Å². The van der Waals surface area contributed by atoms with Gasteiger partial charge in [-0.05, 0) is 25.5 Å². The zero-order valence-electron chi connectivity index (χ0n) is 10.1. The average Bonchev–Trinajstić information content (AvgIpc) is 2.38. The second-order valence-electron chi connectivity index (χ2n) is 4.06. The lowest BCUT2D eigenvalue weighted by Crippen LogP contribution is -2.45. The van der Waals surface area contributed by atoms with Gasteiger partial charge in [-0.3, -0.25) is 9.59 Å². The minimum absolute atomic E-state index is 0.213. The molecule has 0 aromatic heterocycles. The molecule has 0 aliphatic carbocycles. The summed E-state index contributed by atoms with van der Waals surface area (Å²) in [6.45, 7) is 1.67. The highest BCUT2D eigenvalue weighted by Gasteiger charge is 2.21. The molecule has 0 unspecified atom stereocenters. The average molecular weight is 245 g/mol. The Morgan fingerprint density at radius 3 is 2.50 bits per heavy atom. The number of nitrogens with zero attached hydrogens (tertiary/aromatic N) is 1. The molecule has 0 bridgehead atoms. The summed E-state index contributed by atoms with van der Waals surface area (Å²) in [5, 5.41) is 11.2. The molecule has 0 spiro atoms. The summed E-state index contributed by atoms with van der Waals surface area (Å²) >= 11 is 0. The first-order chi connectivity index (χ1) is 8.54. The molecule has 0 aliphatic rings. The number of carbonyl (C=O) groups excluding carboxylic acids is 2. The summed E-state index contributed by atoms with van der Waals surface area (Å²) in [7, 11) is 0. The Bertz CT molecular complexity index is 465. The van der Waals surface area contributed by atoms with Gasteiger partial charge in [-0.15, -0.1) is 0 Å². The summed E-state index contributed by atoms with van der Waals surface area (Å²) < 4.78 is 0. The SMILES string of the molecule is C[C@H](C#N)C[C@@H](NC(=O)c1ccccc1)C(N)=O. The Hall–Kier alpha value is -2.35. The van der Waals surface area contributed by atoms with Gasteiger partial charge in [0.15, 0.2) is 0 Å². The molecule has 0 saturated carbocycles. The summed E-state index contributed by atoms with van der Waals surface area (Å²) in [4.78, 5) is 23.0. The molecule has 0 radical (unpaired) electrons. The third-order valence-electron chi connectivity index (χ3n) is 2.49. The molecule has 1 rings (SSSR count). The molecule has 3 N–H and O–H groups in total. The Balaban J connectivity index is 2.71. The fraction of sp³-hybridized carbons (Fsp3) is 0.308. The van der Waals surface area contributed by atoms with Crippen molar-refractivity contribution in [2.75, 3.05) is 0 Å². The lowest BCUT2D eigenvalue weighted by molar-refractivity contribution is -0.120. The molecule has 1 aromatic carbocycles. The molecular weight excluding hydrogens is 230 g/mol. The number of hydrogen-bond acceptors (Lipinski definition) is 3. The first-order valence-electron chi connectivity index (χ1n) is 5.59. The minimum Gasteiger partial charge on any atom is -0.368 e. The predicted octanol–water partition coefficient (Wildman–Crippen LogP) is 0.820. The Morgan fingerprint density at radius 2 is 2.00 bits per heavy atom. The first kappa shape index (κ1) is 13.7. The van der Waals surface area contributed by atoms with Crippen molar-refractivity contribution in [3.63, 3.8) is 0 Å². The molecule has 5 nitrogen and oxygen atoms in total. The van der Waals surface area contributed by atoms with Gasteiger partial charge in [-0.2, -0.15) is 5.26 Å². The van der Waals surface area contributed by atoms with Gasteiger partial charge in [0.25, 0.3) is 5.91 Å². The van der Waals surface area contributed by atoms with E-state index in [1.54, 1.807) is 37.3 Å². The largest absolute Gasteiger partial charge is 0.368 e. The number of nitrogens with two attached hydrogens (primary N) is 1. The highest BCUT2D eigenvalue weighted by molar-refractivity contribution is 5.97. The van der Waals surface area contributed by atoms with Crippen molar-refractivity contribution in [1.82, 2.24) is 5.32 Å². The van der Waals surface area contributed by atoms with Crippen molar-refractivity contribution in [3.05, 3.63) is 35.9 Å². The molecule has 2 amide bonds. The molecule has 94 valence electrons. The molecule has 0 saturated heterocycles. The standard InChI is InChI=1S/C13H15N3O2/c1-9(8-14)7-11(12(15)17)16-13(18)10-5-3-2-4-6-10/h2-6,9,11H,7H2,1H3,(H2,15,17)(H,16,18)/t9-,11+/m0/s1. The highest BCUT2D eigenvalue weighted by atomic mass is 16.2. The lowest BCUT2D eigenvalue weighted by Gasteiger charge is -2.16. The van der Waals surface area contributed by atoms with Crippen molar-refractivity contribution in [1.29, 1.82) is 5.26 Å². The number of hydrogen-bond donors (Lipinski definition) is 2. The van der Waals surface area contributed by atoms with Crippen LogP contribution in [-0.2, 0) is 4.79 Å². The molecule has 0 aliphatic heterocycles. The van der Waals surface area contributed by atoms with E-state index in [4.69, 9.17) is 11.0 Å². The van der Waals surface area contributed by atoms with Crippen molar-refractivity contribution < 1.29 is 9.59 Å². The van der Waals surface area contributed by atoms with Crippen LogP contribution < -0.4 is 11.1 Å². The van der Waals surface area contributed by atoms with E-state index in [1.807, 2.05) is 6.07 Å². The molecule has 1 aromatic rings. The van der Waals surface area contributed by atoms with Crippen LogP contribution in [0.5, 0.6) is 0 Å². The van der Waals surface area contributed by atoms with Crippen LogP contribution in [-0.4, -0.2) is 17.9 Å². The van der Waals surface area contributed by atoms with Crippen LogP contribution in [0, 0.1) is 17.2 Å². The van der Waals surface area contributed by atoms with E-state index in [2.05, 4.69) is 5.32 Å². The smallest absolute Gasteiger partial charge is 0.251 e. The first-order valence-corrected chi connectivity index (χ1v) is 5.59. The maximum Gasteiger partial charge on any atom is 0.251 e. The second kappa shape index (κ2) is 6.40. The Labute approximate surface area is 106 Å². The number of amides is 2. The number of nitrogens with one attached hydrogen (secondary N) is 1. The predicted molar refractivity (Wildman–Crippen MR) is 66.3 cm³/mol. The van der Waals surface area contributed by atoms with Crippen LogP contribution in [0.1, 0.15) is 23.7 Å². The summed E-state index contributed by atoms with van der Waals surface area (Å²) in [5.74, 6) is -1.36. The molecule has 0 fully saturated rings. The van der Waals surface area contributed by atoms with Crippen molar-refractivity contribution >= 4 is 11.8 Å². The zero-order valence-corrected chi connectivity index (χ0v) is 10.1. The fourth-order valence-electron chi connectivity index (χ4n) is 1.48. The van der Waals surface area contributed by atoms with Crippen LogP contribution in [0.4, 0.5) is 0 Å². The van der Waals surface area contributed by atoms with Gasteiger partial charge in [-0.25, -0.2) is 0 Å². The van der Waals surface area contributed by atoms with E-state index in [0.717, 1.165) is 0 Å². The normalized spacial score (nSPS) is 13.1. The van der Waals surface area contributed by atoms with E-state index in [-0.39, 0.29) is 18.2 Å². The maximum atomic E-state index is 11.8. The summed E-state index contributed by atoms with van der Waals surface area (Å²) in [6, 6.07) is 9.71. The topological polar surface area (TPSA) is 96.0 Å². The number of nitriles is 1. The van der Waals surface area contributed by atoms with Gasteiger partial charge in [0, 0.05) is 11.5 Å². The fourth-order valence-corrected chi connectivity index (χ4v) is 1.48. The van der Waals surface area contributed by atoms with E-state index in [0.29, 0.717) is 5.56 Å². The van der Waals surface area contributed by atoms with Gasteiger partial charge >= 0.3 is 0 Å². The molecule has 18 heavy (non-hydrogen) atoms. The van der Waals surface area contributed by atoms with Crippen LogP contribution in [0.2, 0.25) is 0 Å². The van der Waals surface area contributed by atoms with Gasteiger partial charge in [0.2, 0.25) is 5.91 Å². The Morgan fingerprint density at radius 1 is 1.39 bits per heavy atom. The lowest BCUT2D eigenvalue weighted by atomic mass is 10.0. The van der Waals surface area contributed by atoms with Gasteiger partial charge in [0.05, 0.1) is 6.07 Å². The van der Waals surface area contributed by atoms with E-state index < -0.39 is 11.9 Å². The highest BCUT2D eigenvalue weighted by Crippen LogP contribution is 2.06. The third-order valence-corrected chi connectivity index (χ3v) is 2.49. The van der Waals surface area contributed by atoms with Crippen LogP contribution >= 0.6 is 0 Å². The van der Waals surface area contributed by atoms with Crippen LogP contribution in [0.25, 0.3) is 0 Å². The molecular formula is C13H15N3O2. The molecule has 0 heterocycles. The monoisotopic (exact) mass is 245 g/mol. The zero-order chi connectivity index (χ0) is 13.5. The summed E-state index contributed by atoms with van der Waals surface area (Å²) in [6.07, 6.45) is 0.213. The second-order valence-corrected chi connectivity index (χ2v) is 4.06. The van der Waals surface area contributed by atoms with E-state index in [9.17, 15) is 9.59 Å². The van der Waals surface area contributed by atoms with Gasteiger partial charge in [0.1, 0.15) is 6.04 Å². The van der Waals surface area contributed by atoms with Crippen LogP contribution in [0.3, 0.4) is 0 Å². The minimum atomic E-state index is -0.827. The molecule has 5 heteroatoms. The Kier molecular flexibility index (Phi) is 4.88. The molecule has 2 atom stereocenters. The van der Waals surface area contributed by atoms with Crippen LogP contribution in [0.15, 0.2) is 30.3 Å². The number of primary amides is 1. The van der Waals surface area contributed by atoms with E-state index in [1.165, 1.54) is 0 Å².